The first kappa shape index (κ1) is 16.0. The number of pyridine rings is 1. The minimum absolute atomic E-state index is 0. The summed E-state index contributed by atoms with van der Waals surface area (Å²) < 4.78 is 0. The molecule has 7 heteroatoms. The molecule has 0 fully saturated rings. The van der Waals surface area contributed by atoms with Crippen molar-refractivity contribution < 1.29 is 10.0 Å². The van der Waals surface area contributed by atoms with Crippen molar-refractivity contribution in [2.24, 2.45) is 0 Å². The molecule has 0 aliphatic heterocycles. The Balaban J connectivity index is 0. The van der Waals surface area contributed by atoms with Crippen LogP contribution in [0.3, 0.4) is 0 Å². The van der Waals surface area contributed by atoms with E-state index in [2.05, 4.69) is 4.98 Å². The van der Waals surface area contributed by atoms with Crippen LogP contribution in [-0.4, -0.2) is 36.2 Å². The molecule has 0 unspecified atom stereocenters. The van der Waals surface area contributed by atoms with Crippen molar-refractivity contribution in [1.82, 2.24) is 4.98 Å². The Morgan fingerprint density at radius 2 is 1.79 bits per heavy atom. The van der Waals surface area contributed by atoms with Gasteiger partial charge in [-0.05, 0) is 6.07 Å². The zero-order valence-corrected chi connectivity index (χ0v) is 9.55. The molecule has 0 bridgehead atoms. The molecule has 1 aromatic rings. The second-order valence-electron chi connectivity index (χ2n) is 2.72. The lowest BCUT2D eigenvalue weighted by Crippen LogP contribution is -2.30. The number of anilines is 1. The van der Waals surface area contributed by atoms with Gasteiger partial charge in [0.15, 0.2) is 0 Å². The maximum atomic E-state index is 8.76. The lowest BCUT2D eigenvalue weighted by atomic mass is 9.82. The van der Waals surface area contributed by atoms with Gasteiger partial charge in [0.2, 0.25) is 0 Å². The average molecular weight is 239 g/mol. The lowest BCUT2D eigenvalue weighted by Gasteiger charge is -2.10. The summed E-state index contributed by atoms with van der Waals surface area (Å²) in [5.41, 5.74) is 0.403. The van der Waals surface area contributed by atoms with Crippen molar-refractivity contribution in [3.63, 3.8) is 0 Å². The summed E-state index contributed by atoms with van der Waals surface area (Å²) >= 11 is 0. The third kappa shape index (κ3) is 4.15. The Hall–Kier alpha value is -0.485. The first-order valence-electron chi connectivity index (χ1n) is 3.60. The zero-order chi connectivity index (χ0) is 9.14. The highest BCUT2D eigenvalue weighted by Gasteiger charge is 2.10. The molecule has 80 valence electrons. The van der Waals surface area contributed by atoms with E-state index in [1.165, 1.54) is 6.20 Å². The van der Waals surface area contributed by atoms with E-state index < -0.39 is 7.12 Å². The van der Waals surface area contributed by atoms with Gasteiger partial charge in [-0.15, -0.1) is 24.8 Å². The SMILES string of the molecule is CN(C)c1ccc(B(O)O)cn1.Cl.Cl. The fourth-order valence-electron chi connectivity index (χ4n) is 0.815. The van der Waals surface area contributed by atoms with Crippen LogP contribution in [0.5, 0.6) is 0 Å². The third-order valence-corrected chi connectivity index (χ3v) is 1.53. The molecule has 1 rings (SSSR count). The molecule has 1 aromatic heterocycles. The van der Waals surface area contributed by atoms with E-state index in [-0.39, 0.29) is 24.8 Å². The molecule has 4 nitrogen and oxygen atoms in total. The molecule has 0 spiro atoms. The van der Waals surface area contributed by atoms with Gasteiger partial charge in [0, 0.05) is 25.8 Å². The van der Waals surface area contributed by atoms with Crippen molar-refractivity contribution in [2.45, 2.75) is 0 Å². The molecule has 0 saturated heterocycles. The first-order valence-corrected chi connectivity index (χ1v) is 3.60. The third-order valence-electron chi connectivity index (χ3n) is 1.53. The van der Waals surface area contributed by atoms with E-state index in [0.29, 0.717) is 5.46 Å². The Morgan fingerprint density at radius 1 is 1.21 bits per heavy atom. The van der Waals surface area contributed by atoms with Gasteiger partial charge < -0.3 is 14.9 Å². The molecule has 0 atom stereocenters. The quantitative estimate of drug-likeness (QED) is 0.694. The van der Waals surface area contributed by atoms with Crippen LogP contribution in [0.4, 0.5) is 5.82 Å². The van der Waals surface area contributed by atoms with Crippen LogP contribution in [0.1, 0.15) is 0 Å². The standard InChI is InChI=1S/C7H11BN2O2.2ClH/c1-10(2)7-4-3-6(5-9-7)8(11)12;;/h3-5,11-12H,1-2H3;2*1H. The van der Waals surface area contributed by atoms with E-state index in [1.807, 2.05) is 19.0 Å². The molecule has 0 radical (unpaired) electrons. The van der Waals surface area contributed by atoms with Crippen LogP contribution in [0, 0.1) is 0 Å². The monoisotopic (exact) mass is 238 g/mol. The fraction of sp³-hybridized carbons (Fsp3) is 0.286. The van der Waals surface area contributed by atoms with Gasteiger partial charge in [-0.2, -0.15) is 0 Å². The summed E-state index contributed by atoms with van der Waals surface area (Å²) in [6.45, 7) is 0. The Morgan fingerprint density at radius 3 is 2.07 bits per heavy atom. The van der Waals surface area contributed by atoms with Gasteiger partial charge >= 0.3 is 7.12 Å². The van der Waals surface area contributed by atoms with E-state index in [0.717, 1.165) is 5.82 Å². The highest BCUT2D eigenvalue weighted by molar-refractivity contribution is 6.58. The van der Waals surface area contributed by atoms with Crippen LogP contribution in [0.25, 0.3) is 0 Å². The maximum Gasteiger partial charge on any atom is 0.490 e. The van der Waals surface area contributed by atoms with E-state index in [9.17, 15) is 0 Å². The van der Waals surface area contributed by atoms with Crippen molar-refractivity contribution in [3.8, 4) is 0 Å². The van der Waals surface area contributed by atoms with Gasteiger partial charge in [-0.3, -0.25) is 0 Å². The first-order chi connectivity index (χ1) is 5.61. The number of rotatable bonds is 2. The van der Waals surface area contributed by atoms with Crippen molar-refractivity contribution in [2.75, 3.05) is 19.0 Å². The number of halogens is 2. The molecule has 1 heterocycles. The fourth-order valence-corrected chi connectivity index (χ4v) is 0.815. The summed E-state index contributed by atoms with van der Waals surface area (Å²) in [7, 11) is 2.31. The van der Waals surface area contributed by atoms with E-state index in [4.69, 9.17) is 10.0 Å². The van der Waals surface area contributed by atoms with Crippen LogP contribution in [-0.2, 0) is 0 Å². The molecular weight excluding hydrogens is 226 g/mol. The normalized spacial score (nSPS) is 8.29. The number of nitrogens with zero attached hydrogens (tertiary/aromatic N) is 2. The molecule has 0 amide bonds. The van der Waals surface area contributed by atoms with Crippen LogP contribution < -0.4 is 10.4 Å². The maximum absolute atomic E-state index is 8.76. The molecule has 2 N–H and O–H groups in total. The molecule has 0 aliphatic carbocycles. The molecule has 14 heavy (non-hydrogen) atoms. The largest absolute Gasteiger partial charge is 0.490 e. The second-order valence-corrected chi connectivity index (χ2v) is 2.72. The molecule has 0 aliphatic rings. The predicted octanol–water partition coefficient (Wildman–Crippen LogP) is -0.329. The van der Waals surface area contributed by atoms with Crippen LogP contribution in [0.2, 0.25) is 0 Å². The van der Waals surface area contributed by atoms with Gasteiger partial charge in [-0.25, -0.2) is 4.98 Å². The zero-order valence-electron chi connectivity index (χ0n) is 7.91. The summed E-state index contributed by atoms with van der Waals surface area (Å²) in [5.74, 6) is 0.791. The summed E-state index contributed by atoms with van der Waals surface area (Å²) in [6, 6.07) is 3.36. The summed E-state index contributed by atoms with van der Waals surface area (Å²) in [6.07, 6.45) is 1.44. The van der Waals surface area contributed by atoms with Crippen molar-refractivity contribution in [1.29, 1.82) is 0 Å². The highest BCUT2D eigenvalue weighted by Crippen LogP contribution is 2.01. The van der Waals surface area contributed by atoms with Crippen LogP contribution >= 0.6 is 24.8 Å². The van der Waals surface area contributed by atoms with Gasteiger partial charge in [-0.1, -0.05) is 6.07 Å². The molecule has 0 saturated carbocycles. The Labute approximate surface area is 95.9 Å². The van der Waals surface area contributed by atoms with Crippen molar-refractivity contribution >= 4 is 43.2 Å². The smallest absolute Gasteiger partial charge is 0.423 e. The molecular formula is C7H13BCl2N2O2. The summed E-state index contributed by atoms with van der Waals surface area (Å²) in [4.78, 5) is 5.85. The number of aromatic nitrogens is 1. The second kappa shape index (κ2) is 6.89. The highest BCUT2D eigenvalue weighted by atomic mass is 35.5. The van der Waals surface area contributed by atoms with Gasteiger partial charge in [0.05, 0.1) is 0 Å². The van der Waals surface area contributed by atoms with Crippen molar-refractivity contribution in [3.05, 3.63) is 18.3 Å². The molecule has 0 aromatic carbocycles. The minimum Gasteiger partial charge on any atom is -0.423 e. The van der Waals surface area contributed by atoms with E-state index >= 15 is 0 Å². The van der Waals surface area contributed by atoms with E-state index in [1.54, 1.807) is 12.1 Å². The number of hydrogen-bond acceptors (Lipinski definition) is 4. The van der Waals surface area contributed by atoms with Gasteiger partial charge in [0.25, 0.3) is 0 Å². The average Bonchev–Trinajstić information content (AvgIpc) is 2.04. The van der Waals surface area contributed by atoms with Gasteiger partial charge in [0.1, 0.15) is 5.82 Å². The topological polar surface area (TPSA) is 56.6 Å². The Kier molecular flexibility index (Phi) is 7.86. The summed E-state index contributed by atoms with van der Waals surface area (Å²) in [5, 5.41) is 17.5. The van der Waals surface area contributed by atoms with Crippen LogP contribution in [0.15, 0.2) is 18.3 Å². The number of hydrogen-bond donors (Lipinski definition) is 2. The minimum atomic E-state index is -1.44. The lowest BCUT2D eigenvalue weighted by molar-refractivity contribution is 0.425. The Bertz CT molecular complexity index is 229. The predicted molar refractivity (Wildman–Crippen MR) is 62.9 cm³/mol.